The molecule has 0 spiro atoms. The van der Waals surface area contributed by atoms with Crippen LogP contribution in [-0.2, 0) is 4.79 Å². The fraction of sp³-hybridized carbons (Fsp3) is 0.100. The second kappa shape index (κ2) is 3.71. The van der Waals surface area contributed by atoms with Crippen LogP contribution in [0.1, 0.15) is 6.92 Å². The van der Waals surface area contributed by atoms with Gasteiger partial charge in [-0.1, -0.05) is 6.07 Å². The molecule has 0 aliphatic heterocycles. The summed E-state index contributed by atoms with van der Waals surface area (Å²) in [4.78, 5) is 10.9. The van der Waals surface area contributed by atoms with Crippen molar-refractivity contribution in [2.24, 2.45) is 0 Å². The van der Waals surface area contributed by atoms with Crippen LogP contribution in [0.4, 0.5) is 5.69 Å². The van der Waals surface area contributed by atoms with Crippen molar-refractivity contribution in [1.82, 2.24) is 0 Å². The first kappa shape index (κ1) is 9.68. The van der Waals surface area contributed by atoms with Crippen LogP contribution in [0.3, 0.4) is 0 Å². The molecule has 0 saturated carbocycles. The van der Waals surface area contributed by atoms with Gasteiger partial charge in [0.15, 0.2) is 0 Å². The van der Waals surface area contributed by atoms with Gasteiger partial charge in [0.1, 0.15) is 0 Å². The number of nitrogens with one attached hydrogen (secondary N) is 1. The van der Waals surface area contributed by atoms with Crippen molar-refractivity contribution in [1.29, 1.82) is 0 Å². The molecule has 1 amide bonds. The number of anilines is 1. The van der Waals surface area contributed by atoms with Gasteiger partial charge in [-0.3, -0.25) is 4.79 Å². The second-order valence-electron chi connectivity index (χ2n) is 2.95. The summed E-state index contributed by atoms with van der Waals surface area (Å²) in [5.74, 6) is -0.0418. The van der Waals surface area contributed by atoms with E-state index in [2.05, 4.69) is 21.2 Å². The lowest BCUT2D eigenvalue weighted by molar-refractivity contribution is -0.114. The molecule has 2 nitrogen and oxygen atoms in total. The second-order valence-corrected chi connectivity index (χ2v) is 5.41. The molecule has 4 heteroatoms. The van der Waals surface area contributed by atoms with E-state index in [0.29, 0.717) is 0 Å². The first-order valence-corrected chi connectivity index (χ1v) is 5.73. The summed E-state index contributed by atoms with van der Waals surface area (Å²) in [5, 5.41) is 3.89. The number of halogens is 1. The smallest absolute Gasteiger partial charge is 0.221 e. The number of carbonyl (C=O) groups excluding carboxylic acids is 1. The molecule has 14 heavy (non-hydrogen) atoms. The Morgan fingerprint density at radius 1 is 1.50 bits per heavy atom. The van der Waals surface area contributed by atoms with Gasteiger partial charge in [0.05, 0.1) is 3.79 Å². The molecule has 0 fully saturated rings. The molecule has 0 aliphatic carbocycles. The van der Waals surface area contributed by atoms with Crippen molar-refractivity contribution in [3.63, 3.8) is 0 Å². The highest BCUT2D eigenvalue weighted by molar-refractivity contribution is 9.11. The van der Waals surface area contributed by atoms with Crippen LogP contribution in [0.15, 0.2) is 28.1 Å². The molecule has 72 valence electrons. The van der Waals surface area contributed by atoms with E-state index in [9.17, 15) is 4.79 Å². The zero-order valence-electron chi connectivity index (χ0n) is 7.50. The van der Waals surface area contributed by atoms with Gasteiger partial charge >= 0.3 is 0 Å². The average molecular weight is 270 g/mol. The fourth-order valence-electron chi connectivity index (χ4n) is 1.33. The minimum Gasteiger partial charge on any atom is -0.326 e. The quantitative estimate of drug-likeness (QED) is 0.842. The predicted molar refractivity (Wildman–Crippen MR) is 63.8 cm³/mol. The largest absolute Gasteiger partial charge is 0.326 e. The van der Waals surface area contributed by atoms with Gasteiger partial charge < -0.3 is 5.32 Å². The number of amides is 1. The first-order valence-electron chi connectivity index (χ1n) is 4.12. The molecule has 0 radical (unpaired) electrons. The Bertz CT molecular complexity index is 492. The Balaban J connectivity index is 2.58. The number of thiophene rings is 1. The van der Waals surface area contributed by atoms with Crippen molar-refractivity contribution >= 4 is 48.9 Å². The normalized spacial score (nSPS) is 10.4. The molecule has 1 heterocycles. The van der Waals surface area contributed by atoms with Crippen LogP contribution >= 0.6 is 27.3 Å². The zero-order valence-corrected chi connectivity index (χ0v) is 9.91. The summed E-state index contributed by atoms with van der Waals surface area (Å²) >= 11 is 5.09. The number of hydrogen-bond donors (Lipinski definition) is 1. The lowest BCUT2D eigenvalue weighted by atomic mass is 10.2. The van der Waals surface area contributed by atoms with E-state index in [1.54, 1.807) is 11.3 Å². The topological polar surface area (TPSA) is 29.1 Å². The van der Waals surface area contributed by atoms with Crippen LogP contribution in [0, 0.1) is 0 Å². The van der Waals surface area contributed by atoms with E-state index < -0.39 is 0 Å². The third kappa shape index (κ3) is 1.81. The Morgan fingerprint density at radius 3 is 3.00 bits per heavy atom. The summed E-state index contributed by atoms with van der Waals surface area (Å²) in [6, 6.07) is 7.90. The number of rotatable bonds is 1. The Hall–Kier alpha value is -0.870. The molecule has 1 N–H and O–H groups in total. The molecule has 0 atom stereocenters. The standard InChI is InChI=1S/C10H8BrNOS/c1-6(13)12-8-3-2-4-9-7(8)5-10(11)14-9/h2-5H,1H3,(H,12,13). The van der Waals surface area contributed by atoms with E-state index >= 15 is 0 Å². The third-order valence-corrected chi connectivity index (χ3v) is 3.45. The molecular formula is C10H8BrNOS. The predicted octanol–water partition coefficient (Wildman–Crippen LogP) is 3.62. The van der Waals surface area contributed by atoms with Crippen molar-refractivity contribution in [3.8, 4) is 0 Å². The maximum absolute atomic E-state index is 10.9. The molecule has 2 rings (SSSR count). The van der Waals surface area contributed by atoms with Crippen LogP contribution in [0.5, 0.6) is 0 Å². The molecule has 2 aromatic rings. The van der Waals surface area contributed by atoms with E-state index in [1.807, 2.05) is 24.3 Å². The lowest BCUT2D eigenvalue weighted by Crippen LogP contribution is -2.05. The monoisotopic (exact) mass is 269 g/mol. The summed E-state index contributed by atoms with van der Waals surface area (Å²) < 4.78 is 2.24. The van der Waals surface area contributed by atoms with E-state index in [4.69, 9.17) is 0 Å². The molecule has 0 bridgehead atoms. The van der Waals surface area contributed by atoms with Gasteiger partial charge in [-0.2, -0.15) is 0 Å². The Morgan fingerprint density at radius 2 is 2.29 bits per heavy atom. The minimum atomic E-state index is -0.0418. The van der Waals surface area contributed by atoms with E-state index in [1.165, 1.54) is 11.6 Å². The molecule has 0 aliphatic rings. The molecule has 0 saturated heterocycles. The summed E-state index contributed by atoms with van der Waals surface area (Å²) in [6.45, 7) is 1.51. The number of hydrogen-bond acceptors (Lipinski definition) is 2. The van der Waals surface area contributed by atoms with Crippen LogP contribution < -0.4 is 5.32 Å². The van der Waals surface area contributed by atoms with Crippen LogP contribution in [0.2, 0.25) is 0 Å². The number of benzene rings is 1. The summed E-state index contributed by atoms with van der Waals surface area (Å²) in [5.41, 5.74) is 0.872. The lowest BCUT2D eigenvalue weighted by Gasteiger charge is -2.02. The zero-order chi connectivity index (χ0) is 10.1. The van der Waals surface area contributed by atoms with Gasteiger partial charge in [-0.25, -0.2) is 0 Å². The van der Waals surface area contributed by atoms with Crippen LogP contribution in [-0.4, -0.2) is 5.91 Å². The minimum absolute atomic E-state index is 0.0418. The van der Waals surface area contributed by atoms with Gasteiger partial charge in [-0.15, -0.1) is 11.3 Å². The fourth-order valence-corrected chi connectivity index (χ4v) is 2.89. The molecule has 1 aromatic carbocycles. The van der Waals surface area contributed by atoms with Gasteiger partial charge in [-0.05, 0) is 34.1 Å². The van der Waals surface area contributed by atoms with Crippen molar-refractivity contribution in [3.05, 3.63) is 28.1 Å². The highest BCUT2D eigenvalue weighted by Gasteiger charge is 2.05. The summed E-state index contributed by atoms with van der Waals surface area (Å²) in [7, 11) is 0. The van der Waals surface area contributed by atoms with E-state index in [-0.39, 0.29) is 5.91 Å². The number of carbonyl (C=O) groups is 1. The number of fused-ring (bicyclic) bond motifs is 1. The third-order valence-electron chi connectivity index (χ3n) is 1.84. The van der Waals surface area contributed by atoms with Crippen molar-refractivity contribution in [2.75, 3.05) is 5.32 Å². The van der Waals surface area contributed by atoms with Crippen molar-refractivity contribution < 1.29 is 4.79 Å². The van der Waals surface area contributed by atoms with E-state index in [0.717, 1.165) is 14.9 Å². The Kier molecular flexibility index (Phi) is 2.56. The maximum Gasteiger partial charge on any atom is 0.221 e. The van der Waals surface area contributed by atoms with Gasteiger partial charge in [0.25, 0.3) is 0 Å². The highest BCUT2D eigenvalue weighted by atomic mass is 79.9. The van der Waals surface area contributed by atoms with Crippen LogP contribution in [0.25, 0.3) is 10.1 Å². The van der Waals surface area contributed by atoms with Gasteiger partial charge in [0, 0.05) is 22.7 Å². The SMILES string of the molecule is CC(=O)Nc1cccc2sc(Br)cc12. The summed E-state index contributed by atoms with van der Waals surface area (Å²) in [6.07, 6.45) is 0. The van der Waals surface area contributed by atoms with Gasteiger partial charge in [0.2, 0.25) is 5.91 Å². The Labute approximate surface area is 94.1 Å². The molecule has 0 unspecified atom stereocenters. The highest BCUT2D eigenvalue weighted by Crippen LogP contribution is 2.34. The average Bonchev–Trinajstić information content (AvgIpc) is 2.45. The molecule has 1 aromatic heterocycles. The van der Waals surface area contributed by atoms with Crippen molar-refractivity contribution in [2.45, 2.75) is 6.92 Å². The molecular weight excluding hydrogens is 262 g/mol. The maximum atomic E-state index is 10.9. The first-order chi connectivity index (χ1) is 6.66.